The van der Waals surface area contributed by atoms with Gasteiger partial charge in [0.1, 0.15) is 0 Å². The Bertz CT molecular complexity index is 424. The van der Waals surface area contributed by atoms with Crippen molar-refractivity contribution in [2.24, 2.45) is 0 Å². The number of hydrogen-bond donors (Lipinski definition) is 2. The molecule has 1 aromatic carbocycles. The Hall–Kier alpha value is -1.56. The molecular formula is C12H15BrN2O3. The molecule has 0 aromatic heterocycles. The Morgan fingerprint density at radius 3 is 2.83 bits per heavy atom. The van der Waals surface area contributed by atoms with E-state index in [1.54, 1.807) is 31.2 Å². The van der Waals surface area contributed by atoms with E-state index in [0.717, 1.165) is 0 Å². The molecule has 0 aliphatic rings. The highest BCUT2D eigenvalue weighted by atomic mass is 79.9. The van der Waals surface area contributed by atoms with Gasteiger partial charge < -0.3 is 15.4 Å². The van der Waals surface area contributed by atoms with Crippen LogP contribution in [-0.4, -0.2) is 30.5 Å². The van der Waals surface area contributed by atoms with Gasteiger partial charge in [0.15, 0.2) is 0 Å². The summed E-state index contributed by atoms with van der Waals surface area (Å²) in [5.74, 6) is -0.401. The number of anilines is 1. The maximum Gasteiger partial charge on any atom is 0.338 e. The summed E-state index contributed by atoms with van der Waals surface area (Å²) in [6.45, 7) is 2.60. The van der Waals surface area contributed by atoms with Crippen molar-refractivity contribution in [3.8, 4) is 0 Å². The zero-order valence-corrected chi connectivity index (χ0v) is 11.6. The number of hydrogen-bond acceptors (Lipinski definition) is 3. The smallest absolute Gasteiger partial charge is 0.338 e. The number of carbonyl (C=O) groups is 2. The average Bonchev–Trinajstić information content (AvgIpc) is 2.37. The SMILES string of the molecule is CCOC(=O)c1cccc(NC(=O)NCCBr)c1. The standard InChI is InChI=1S/C12H15BrN2O3/c1-2-18-11(16)9-4-3-5-10(8-9)15-12(17)14-7-6-13/h3-5,8H,2,6-7H2,1H3,(H2,14,15,17). The van der Waals surface area contributed by atoms with Crippen molar-refractivity contribution in [1.82, 2.24) is 5.32 Å². The fraction of sp³-hybridized carbons (Fsp3) is 0.333. The number of nitrogens with one attached hydrogen (secondary N) is 2. The Kier molecular flexibility index (Phi) is 6.21. The van der Waals surface area contributed by atoms with Crippen molar-refractivity contribution in [3.63, 3.8) is 0 Å². The monoisotopic (exact) mass is 314 g/mol. The molecule has 2 N–H and O–H groups in total. The van der Waals surface area contributed by atoms with Gasteiger partial charge in [-0.3, -0.25) is 0 Å². The lowest BCUT2D eigenvalue weighted by molar-refractivity contribution is 0.0526. The van der Waals surface area contributed by atoms with Crippen LogP contribution >= 0.6 is 15.9 Å². The molecule has 0 spiro atoms. The van der Waals surface area contributed by atoms with E-state index in [-0.39, 0.29) is 6.03 Å². The van der Waals surface area contributed by atoms with Gasteiger partial charge >= 0.3 is 12.0 Å². The number of amides is 2. The fourth-order valence-corrected chi connectivity index (χ4v) is 1.47. The first-order valence-corrected chi connectivity index (χ1v) is 6.67. The number of esters is 1. The van der Waals surface area contributed by atoms with E-state index >= 15 is 0 Å². The van der Waals surface area contributed by atoms with Crippen molar-refractivity contribution in [1.29, 1.82) is 0 Å². The van der Waals surface area contributed by atoms with Gasteiger partial charge in [0.05, 0.1) is 12.2 Å². The molecule has 0 bridgehead atoms. The minimum Gasteiger partial charge on any atom is -0.462 e. The normalized spacial score (nSPS) is 9.67. The Morgan fingerprint density at radius 2 is 2.17 bits per heavy atom. The van der Waals surface area contributed by atoms with Crippen molar-refractivity contribution in [2.75, 3.05) is 23.8 Å². The summed E-state index contributed by atoms with van der Waals surface area (Å²) < 4.78 is 4.88. The molecule has 18 heavy (non-hydrogen) atoms. The number of alkyl halides is 1. The molecule has 0 atom stereocenters. The molecule has 0 aliphatic heterocycles. The van der Waals surface area contributed by atoms with Crippen LogP contribution in [0.1, 0.15) is 17.3 Å². The van der Waals surface area contributed by atoms with E-state index in [1.165, 1.54) is 0 Å². The predicted molar refractivity (Wildman–Crippen MR) is 73.2 cm³/mol. The molecule has 1 aromatic rings. The van der Waals surface area contributed by atoms with Crippen LogP contribution in [-0.2, 0) is 4.74 Å². The molecule has 0 heterocycles. The molecule has 0 radical (unpaired) electrons. The second kappa shape index (κ2) is 7.71. The lowest BCUT2D eigenvalue weighted by Gasteiger charge is -2.07. The van der Waals surface area contributed by atoms with Gasteiger partial charge in [0, 0.05) is 17.6 Å². The van der Waals surface area contributed by atoms with Crippen LogP contribution in [0.15, 0.2) is 24.3 Å². The number of rotatable bonds is 5. The number of ether oxygens (including phenoxy) is 1. The highest BCUT2D eigenvalue weighted by Gasteiger charge is 2.07. The first kappa shape index (κ1) is 14.5. The quantitative estimate of drug-likeness (QED) is 0.647. The molecule has 0 unspecified atom stereocenters. The molecular weight excluding hydrogens is 300 g/mol. The van der Waals surface area contributed by atoms with Gasteiger partial charge in [0.2, 0.25) is 0 Å². The molecule has 0 saturated carbocycles. The second-order valence-electron chi connectivity index (χ2n) is 3.37. The highest BCUT2D eigenvalue weighted by molar-refractivity contribution is 9.09. The third kappa shape index (κ3) is 4.75. The van der Waals surface area contributed by atoms with Crippen molar-refractivity contribution in [3.05, 3.63) is 29.8 Å². The van der Waals surface area contributed by atoms with E-state index < -0.39 is 5.97 Å². The third-order valence-corrected chi connectivity index (χ3v) is 2.41. The summed E-state index contributed by atoms with van der Waals surface area (Å²) in [4.78, 5) is 22.9. The molecule has 5 nitrogen and oxygen atoms in total. The van der Waals surface area contributed by atoms with E-state index in [0.29, 0.717) is 29.7 Å². The van der Waals surface area contributed by atoms with Gasteiger partial charge in [0.25, 0.3) is 0 Å². The summed E-state index contributed by atoms with van der Waals surface area (Å²) in [7, 11) is 0. The molecule has 0 fully saturated rings. The molecule has 1 rings (SSSR count). The van der Waals surface area contributed by atoms with Crippen LogP contribution in [0.5, 0.6) is 0 Å². The zero-order valence-electron chi connectivity index (χ0n) is 10.0. The maximum atomic E-state index is 11.5. The zero-order chi connectivity index (χ0) is 13.4. The summed E-state index contributed by atoms with van der Waals surface area (Å²) in [6.07, 6.45) is 0. The van der Waals surface area contributed by atoms with Crippen LogP contribution < -0.4 is 10.6 Å². The van der Waals surface area contributed by atoms with Gasteiger partial charge in [-0.1, -0.05) is 22.0 Å². The Labute approximate surface area is 114 Å². The third-order valence-electron chi connectivity index (χ3n) is 2.01. The van der Waals surface area contributed by atoms with Crippen molar-refractivity contribution >= 4 is 33.6 Å². The summed E-state index contributed by atoms with van der Waals surface area (Å²) >= 11 is 3.21. The largest absolute Gasteiger partial charge is 0.462 e. The number of urea groups is 1. The van der Waals surface area contributed by atoms with Crippen molar-refractivity contribution in [2.45, 2.75) is 6.92 Å². The Morgan fingerprint density at radius 1 is 1.39 bits per heavy atom. The summed E-state index contributed by atoms with van der Waals surface area (Å²) in [5, 5.41) is 5.96. The number of carbonyl (C=O) groups excluding carboxylic acids is 2. The minimum atomic E-state index is -0.401. The van der Waals surface area contributed by atoms with Gasteiger partial charge in [-0.15, -0.1) is 0 Å². The first-order chi connectivity index (χ1) is 8.67. The fourth-order valence-electron chi connectivity index (χ4n) is 1.27. The topological polar surface area (TPSA) is 67.4 Å². The lowest BCUT2D eigenvalue weighted by atomic mass is 10.2. The highest BCUT2D eigenvalue weighted by Crippen LogP contribution is 2.11. The molecule has 0 aliphatic carbocycles. The predicted octanol–water partition coefficient (Wildman–Crippen LogP) is 2.38. The van der Waals surface area contributed by atoms with E-state index in [1.807, 2.05) is 0 Å². The first-order valence-electron chi connectivity index (χ1n) is 5.55. The number of halogens is 1. The average molecular weight is 315 g/mol. The molecule has 98 valence electrons. The van der Waals surface area contributed by atoms with Crippen LogP contribution in [0.2, 0.25) is 0 Å². The summed E-state index contributed by atoms with van der Waals surface area (Å²) in [5.41, 5.74) is 0.961. The van der Waals surface area contributed by atoms with E-state index in [9.17, 15) is 9.59 Å². The summed E-state index contributed by atoms with van der Waals surface area (Å²) in [6, 6.07) is 6.30. The van der Waals surface area contributed by atoms with Crippen molar-refractivity contribution < 1.29 is 14.3 Å². The molecule has 6 heteroatoms. The van der Waals surface area contributed by atoms with Gasteiger partial charge in [-0.2, -0.15) is 0 Å². The van der Waals surface area contributed by atoms with Crippen LogP contribution in [0.4, 0.5) is 10.5 Å². The second-order valence-corrected chi connectivity index (χ2v) is 4.16. The van der Waals surface area contributed by atoms with E-state index in [2.05, 4.69) is 26.6 Å². The van der Waals surface area contributed by atoms with Gasteiger partial charge in [-0.05, 0) is 25.1 Å². The number of benzene rings is 1. The lowest BCUT2D eigenvalue weighted by Crippen LogP contribution is -2.30. The molecule has 0 saturated heterocycles. The minimum absolute atomic E-state index is 0.310. The maximum absolute atomic E-state index is 11.5. The van der Waals surface area contributed by atoms with Crippen LogP contribution in [0, 0.1) is 0 Å². The van der Waals surface area contributed by atoms with Crippen LogP contribution in [0.25, 0.3) is 0 Å². The molecule has 2 amide bonds. The van der Waals surface area contributed by atoms with Gasteiger partial charge in [-0.25, -0.2) is 9.59 Å². The van der Waals surface area contributed by atoms with Crippen LogP contribution in [0.3, 0.4) is 0 Å². The van der Waals surface area contributed by atoms with E-state index in [4.69, 9.17) is 4.74 Å². The Balaban J connectivity index is 2.64.